The van der Waals surface area contributed by atoms with Crippen LogP contribution in [-0.2, 0) is 27.6 Å². The SMILES string of the molecule is CCc1ccc(CN(C(=O)/C=C/c2ccc(Cl)cc2Cl)[C@@H]2CCS(=O)(=O)C2)cc1. The van der Waals surface area contributed by atoms with Crippen molar-refractivity contribution in [1.82, 2.24) is 4.90 Å². The average molecular weight is 452 g/mol. The van der Waals surface area contributed by atoms with Crippen molar-refractivity contribution in [2.45, 2.75) is 32.4 Å². The van der Waals surface area contributed by atoms with Crippen molar-refractivity contribution in [3.63, 3.8) is 0 Å². The first-order chi connectivity index (χ1) is 13.8. The molecule has 2 aromatic carbocycles. The molecule has 29 heavy (non-hydrogen) atoms. The van der Waals surface area contributed by atoms with Crippen LogP contribution in [0, 0.1) is 0 Å². The Morgan fingerprint density at radius 1 is 1.14 bits per heavy atom. The summed E-state index contributed by atoms with van der Waals surface area (Å²) in [5.74, 6) is -0.123. The molecule has 0 unspecified atom stereocenters. The van der Waals surface area contributed by atoms with Crippen molar-refractivity contribution >= 4 is 45.0 Å². The molecule has 7 heteroatoms. The van der Waals surface area contributed by atoms with E-state index in [0.29, 0.717) is 28.6 Å². The van der Waals surface area contributed by atoms with E-state index >= 15 is 0 Å². The molecule has 4 nitrogen and oxygen atoms in total. The first kappa shape index (κ1) is 21.9. The van der Waals surface area contributed by atoms with Gasteiger partial charge >= 0.3 is 0 Å². The van der Waals surface area contributed by atoms with Crippen LogP contribution in [0.4, 0.5) is 0 Å². The van der Waals surface area contributed by atoms with E-state index in [9.17, 15) is 13.2 Å². The second-order valence-corrected chi connectivity index (χ2v) is 10.3. The van der Waals surface area contributed by atoms with Crippen molar-refractivity contribution in [1.29, 1.82) is 0 Å². The molecule has 0 spiro atoms. The molecule has 3 rings (SSSR count). The summed E-state index contributed by atoms with van der Waals surface area (Å²) in [4.78, 5) is 14.6. The van der Waals surface area contributed by atoms with Gasteiger partial charge in [0, 0.05) is 28.7 Å². The number of nitrogens with zero attached hydrogens (tertiary/aromatic N) is 1. The van der Waals surface area contributed by atoms with E-state index in [1.54, 1.807) is 29.2 Å². The fraction of sp³-hybridized carbons (Fsp3) is 0.318. The second-order valence-electron chi connectivity index (χ2n) is 7.19. The summed E-state index contributed by atoms with van der Waals surface area (Å²) in [5.41, 5.74) is 2.86. The summed E-state index contributed by atoms with van der Waals surface area (Å²) in [6.45, 7) is 2.45. The lowest BCUT2D eigenvalue weighted by Gasteiger charge is -2.27. The van der Waals surface area contributed by atoms with E-state index in [1.807, 2.05) is 24.3 Å². The van der Waals surface area contributed by atoms with Gasteiger partial charge in [0.25, 0.3) is 0 Å². The van der Waals surface area contributed by atoms with Crippen molar-refractivity contribution in [2.75, 3.05) is 11.5 Å². The monoisotopic (exact) mass is 451 g/mol. The molecule has 1 amide bonds. The summed E-state index contributed by atoms with van der Waals surface area (Å²) in [7, 11) is -3.11. The quantitative estimate of drug-likeness (QED) is 0.593. The van der Waals surface area contributed by atoms with Gasteiger partial charge in [-0.05, 0) is 47.7 Å². The lowest BCUT2D eigenvalue weighted by atomic mass is 10.1. The highest BCUT2D eigenvalue weighted by atomic mass is 35.5. The van der Waals surface area contributed by atoms with Gasteiger partial charge in [0.1, 0.15) is 0 Å². The Morgan fingerprint density at radius 3 is 2.41 bits per heavy atom. The number of hydrogen-bond donors (Lipinski definition) is 0. The number of benzene rings is 2. The number of rotatable bonds is 6. The molecule has 1 atom stereocenters. The van der Waals surface area contributed by atoms with E-state index in [1.165, 1.54) is 11.6 Å². The molecule has 2 aromatic rings. The molecule has 0 aliphatic carbocycles. The number of amides is 1. The van der Waals surface area contributed by atoms with Crippen LogP contribution in [0.15, 0.2) is 48.5 Å². The molecule has 0 saturated carbocycles. The Hall–Kier alpha value is -1.82. The van der Waals surface area contributed by atoms with Gasteiger partial charge in [-0.15, -0.1) is 0 Å². The number of hydrogen-bond acceptors (Lipinski definition) is 3. The van der Waals surface area contributed by atoms with E-state index in [4.69, 9.17) is 23.2 Å². The van der Waals surface area contributed by atoms with Gasteiger partial charge in [-0.1, -0.05) is 60.5 Å². The van der Waals surface area contributed by atoms with Crippen molar-refractivity contribution in [3.8, 4) is 0 Å². The third-order valence-corrected chi connectivity index (χ3v) is 7.40. The Balaban J connectivity index is 1.83. The van der Waals surface area contributed by atoms with Crippen LogP contribution >= 0.6 is 23.2 Å². The van der Waals surface area contributed by atoms with Crippen LogP contribution < -0.4 is 0 Å². The predicted molar refractivity (Wildman–Crippen MR) is 119 cm³/mol. The van der Waals surface area contributed by atoms with Crippen LogP contribution in [0.2, 0.25) is 10.0 Å². The lowest BCUT2D eigenvalue weighted by molar-refractivity contribution is -0.128. The molecule has 0 aromatic heterocycles. The molecule has 154 valence electrons. The summed E-state index contributed by atoms with van der Waals surface area (Å²) in [5, 5.41) is 0.971. The fourth-order valence-corrected chi connectivity index (χ4v) is 5.58. The summed E-state index contributed by atoms with van der Waals surface area (Å²) in [6.07, 6.45) is 4.48. The van der Waals surface area contributed by atoms with E-state index in [0.717, 1.165) is 12.0 Å². The highest BCUT2D eigenvalue weighted by molar-refractivity contribution is 7.91. The Kier molecular flexibility index (Phi) is 7.04. The third-order valence-electron chi connectivity index (χ3n) is 5.08. The van der Waals surface area contributed by atoms with Crippen LogP contribution in [0.5, 0.6) is 0 Å². The lowest BCUT2D eigenvalue weighted by Crippen LogP contribution is -2.39. The Labute approximate surface area is 182 Å². The van der Waals surface area contributed by atoms with Gasteiger partial charge < -0.3 is 4.90 Å². The number of sulfone groups is 1. The minimum absolute atomic E-state index is 0.00131. The summed E-state index contributed by atoms with van der Waals surface area (Å²) >= 11 is 12.1. The smallest absolute Gasteiger partial charge is 0.247 e. The third kappa shape index (κ3) is 5.84. The van der Waals surface area contributed by atoms with Crippen LogP contribution in [-0.4, -0.2) is 36.8 Å². The molecule has 1 saturated heterocycles. The number of carbonyl (C=O) groups excluding carboxylic acids is 1. The van der Waals surface area contributed by atoms with Gasteiger partial charge in [0.05, 0.1) is 11.5 Å². The highest BCUT2D eigenvalue weighted by Crippen LogP contribution is 2.24. The van der Waals surface area contributed by atoms with Crippen molar-refractivity contribution in [2.24, 2.45) is 0 Å². The van der Waals surface area contributed by atoms with Crippen molar-refractivity contribution < 1.29 is 13.2 Å². The van der Waals surface area contributed by atoms with Crippen molar-refractivity contribution in [3.05, 3.63) is 75.3 Å². The molecule has 1 aliphatic heterocycles. The van der Waals surface area contributed by atoms with Gasteiger partial charge in [-0.25, -0.2) is 8.42 Å². The molecule has 0 radical (unpaired) electrons. The Bertz CT molecular complexity index is 1020. The van der Waals surface area contributed by atoms with Gasteiger partial charge in [0.2, 0.25) is 5.91 Å². The zero-order valence-corrected chi connectivity index (χ0v) is 18.5. The Morgan fingerprint density at radius 2 is 1.83 bits per heavy atom. The number of aryl methyl sites for hydroxylation is 1. The highest BCUT2D eigenvalue weighted by Gasteiger charge is 2.34. The first-order valence-corrected chi connectivity index (χ1v) is 12.1. The van der Waals surface area contributed by atoms with E-state index in [2.05, 4.69) is 6.92 Å². The fourth-order valence-electron chi connectivity index (χ4n) is 3.38. The second kappa shape index (κ2) is 9.33. The minimum Gasteiger partial charge on any atom is -0.331 e. The molecule has 0 N–H and O–H groups in total. The molecule has 1 heterocycles. The van der Waals surface area contributed by atoms with Crippen LogP contribution in [0.25, 0.3) is 6.08 Å². The molecule has 1 aliphatic rings. The zero-order chi connectivity index (χ0) is 21.0. The maximum absolute atomic E-state index is 13.0. The normalized spacial score (nSPS) is 18.2. The van der Waals surface area contributed by atoms with Gasteiger partial charge in [0.15, 0.2) is 9.84 Å². The molecular formula is C22H23Cl2NO3S. The number of carbonyl (C=O) groups is 1. The molecule has 1 fully saturated rings. The zero-order valence-electron chi connectivity index (χ0n) is 16.1. The minimum atomic E-state index is -3.11. The number of halogens is 2. The maximum atomic E-state index is 13.0. The maximum Gasteiger partial charge on any atom is 0.247 e. The standard InChI is InChI=1S/C22H23Cl2NO3S/c1-2-16-3-5-17(6-4-16)14-25(20-11-12-29(27,28)15-20)22(26)10-8-18-7-9-19(23)13-21(18)24/h3-10,13,20H,2,11-12,14-15H2,1H3/b10-8+/t20-/m1/s1. The van der Waals surface area contributed by atoms with Crippen LogP contribution in [0.3, 0.4) is 0 Å². The summed E-state index contributed by atoms with van der Waals surface area (Å²) < 4.78 is 23.9. The summed E-state index contributed by atoms with van der Waals surface area (Å²) in [6, 6.07) is 12.8. The topological polar surface area (TPSA) is 54.5 Å². The van der Waals surface area contributed by atoms with E-state index in [-0.39, 0.29) is 23.5 Å². The average Bonchev–Trinajstić information content (AvgIpc) is 3.05. The first-order valence-electron chi connectivity index (χ1n) is 9.49. The molecule has 0 bridgehead atoms. The predicted octanol–water partition coefficient (Wildman–Crippen LogP) is 4.78. The van der Waals surface area contributed by atoms with Crippen LogP contribution in [0.1, 0.15) is 30.0 Å². The van der Waals surface area contributed by atoms with E-state index < -0.39 is 9.84 Å². The van der Waals surface area contributed by atoms with Gasteiger partial charge in [-0.3, -0.25) is 4.79 Å². The molecular weight excluding hydrogens is 429 g/mol. The van der Waals surface area contributed by atoms with Gasteiger partial charge in [-0.2, -0.15) is 0 Å². The largest absolute Gasteiger partial charge is 0.331 e.